The van der Waals surface area contributed by atoms with E-state index in [1.54, 1.807) is 13.2 Å². The zero-order chi connectivity index (χ0) is 10.0. The predicted molar refractivity (Wildman–Crippen MR) is 54.5 cm³/mol. The number of hydrogen-bond donors (Lipinski definition) is 1. The molecule has 1 N–H and O–H groups in total. The molecule has 1 aliphatic rings. The van der Waals surface area contributed by atoms with Gasteiger partial charge < -0.3 is 14.5 Å². The van der Waals surface area contributed by atoms with Crippen molar-refractivity contribution in [2.24, 2.45) is 0 Å². The Bertz CT molecular complexity index is 305. The fourth-order valence-electron chi connectivity index (χ4n) is 2.03. The quantitative estimate of drug-likeness (QED) is 0.839. The summed E-state index contributed by atoms with van der Waals surface area (Å²) in [5, 5.41) is 3.86. The van der Waals surface area contributed by atoms with Crippen molar-refractivity contribution < 1.29 is 9.15 Å². The molecule has 0 aromatic carbocycles. The van der Waals surface area contributed by atoms with Crippen LogP contribution in [-0.4, -0.2) is 20.3 Å². The van der Waals surface area contributed by atoms with Gasteiger partial charge in [-0.3, -0.25) is 0 Å². The van der Waals surface area contributed by atoms with E-state index in [1.165, 1.54) is 0 Å². The number of nitrogens with one attached hydrogen (secondary N) is 1. The van der Waals surface area contributed by atoms with Crippen molar-refractivity contribution in [1.29, 1.82) is 0 Å². The second-order valence-corrected chi connectivity index (χ2v) is 4.02. The van der Waals surface area contributed by atoms with Gasteiger partial charge in [0.05, 0.1) is 6.61 Å². The first-order chi connectivity index (χ1) is 6.77. The Morgan fingerprint density at radius 1 is 1.64 bits per heavy atom. The van der Waals surface area contributed by atoms with E-state index < -0.39 is 0 Å². The number of methoxy groups -OCH3 is 1. The molecule has 78 valence electrons. The Labute approximate surface area is 88.4 Å². The molecule has 1 atom stereocenters. The molecular formula is C10H14ClNO2. The summed E-state index contributed by atoms with van der Waals surface area (Å²) < 4.78 is 10.7. The number of halogens is 1. The van der Waals surface area contributed by atoms with Crippen molar-refractivity contribution in [3.8, 4) is 0 Å². The van der Waals surface area contributed by atoms with E-state index in [1.807, 2.05) is 6.07 Å². The first kappa shape index (κ1) is 10.0. The Kier molecular flexibility index (Phi) is 2.81. The molecule has 1 fully saturated rings. The molecule has 3 nitrogen and oxygen atoms in total. The van der Waals surface area contributed by atoms with Crippen LogP contribution in [0.15, 0.2) is 16.5 Å². The second-order valence-electron chi connectivity index (χ2n) is 3.65. The summed E-state index contributed by atoms with van der Waals surface area (Å²) in [5.41, 5.74) is -0.165. The highest BCUT2D eigenvalue weighted by molar-refractivity contribution is 6.28. The highest BCUT2D eigenvalue weighted by Crippen LogP contribution is 2.33. The summed E-state index contributed by atoms with van der Waals surface area (Å²) in [6.07, 6.45) is 2.17. The minimum Gasteiger partial charge on any atom is -0.448 e. The maximum absolute atomic E-state index is 5.77. The van der Waals surface area contributed by atoms with Crippen LogP contribution in [0.1, 0.15) is 18.6 Å². The average Bonchev–Trinajstić information content (AvgIpc) is 2.75. The molecule has 2 rings (SSSR count). The van der Waals surface area contributed by atoms with E-state index >= 15 is 0 Å². The van der Waals surface area contributed by atoms with Crippen LogP contribution >= 0.6 is 11.6 Å². The maximum atomic E-state index is 5.77. The standard InChI is InChI=1S/C10H14ClNO2/c1-13-7-10(5-2-6-12-10)8-3-4-9(11)14-8/h3-4,12H,2,5-7H2,1H3. The van der Waals surface area contributed by atoms with Crippen LogP contribution in [-0.2, 0) is 10.3 Å². The molecule has 0 saturated carbocycles. The first-order valence-electron chi connectivity index (χ1n) is 4.77. The van der Waals surface area contributed by atoms with Gasteiger partial charge in [-0.15, -0.1) is 0 Å². The van der Waals surface area contributed by atoms with Gasteiger partial charge in [0, 0.05) is 7.11 Å². The molecule has 14 heavy (non-hydrogen) atoms. The van der Waals surface area contributed by atoms with Gasteiger partial charge in [-0.25, -0.2) is 0 Å². The highest BCUT2D eigenvalue weighted by atomic mass is 35.5. The van der Waals surface area contributed by atoms with Crippen LogP contribution in [0, 0.1) is 0 Å². The average molecular weight is 216 g/mol. The first-order valence-corrected chi connectivity index (χ1v) is 5.14. The summed E-state index contributed by atoms with van der Waals surface area (Å²) in [5.74, 6) is 0.877. The van der Waals surface area contributed by atoms with Gasteiger partial charge in [0.1, 0.15) is 11.3 Å². The topological polar surface area (TPSA) is 34.4 Å². The lowest BCUT2D eigenvalue weighted by atomic mass is 9.95. The molecule has 1 aromatic rings. The molecule has 0 aliphatic carbocycles. The summed E-state index contributed by atoms with van der Waals surface area (Å²) in [6.45, 7) is 1.62. The minimum atomic E-state index is -0.165. The van der Waals surface area contributed by atoms with Gasteiger partial charge in [-0.05, 0) is 43.1 Å². The van der Waals surface area contributed by atoms with Crippen molar-refractivity contribution in [1.82, 2.24) is 5.32 Å². The lowest BCUT2D eigenvalue weighted by Gasteiger charge is -2.26. The van der Waals surface area contributed by atoms with E-state index in [0.717, 1.165) is 25.1 Å². The third kappa shape index (κ3) is 1.67. The van der Waals surface area contributed by atoms with E-state index in [0.29, 0.717) is 11.8 Å². The third-order valence-electron chi connectivity index (χ3n) is 2.68. The second kappa shape index (κ2) is 3.93. The van der Waals surface area contributed by atoms with E-state index in [4.69, 9.17) is 20.8 Å². The van der Waals surface area contributed by atoms with Crippen LogP contribution in [0.25, 0.3) is 0 Å². The number of rotatable bonds is 3. The fraction of sp³-hybridized carbons (Fsp3) is 0.600. The smallest absolute Gasteiger partial charge is 0.193 e. The van der Waals surface area contributed by atoms with Crippen molar-refractivity contribution in [2.75, 3.05) is 20.3 Å². The molecule has 4 heteroatoms. The molecule has 1 unspecified atom stereocenters. The SMILES string of the molecule is COCC1(c2ccc(Cl)o2)CCCN1. The molecule has 1 aromatic heterocycles. The number of ether oxygens (including phenoxy) is 1. The monoisotopic (exact) mass is 215 g/mol. The Hall–Kier alpha value is -0.510. The minimum absolute atomic E-state index is 0.165. The van der Waals surface area contributed by atoms with Gasteiger partial charge in [0.2, 0.25) is 0 Å². The summed E-state index contributed by atoms with van der Waals surface area (Å²) >= 11 is 5.77. The highest BCUT2D eigenvalue weighted by Gasteiger charge is 2.38. The molecule has 0 radical (unpaired) electrons. The van der Waals surface area contributed by atoms with Gasteiger partial charge in [-0.2, -0.15) is 0 Å². The van der Waals surface area contributed by atoms with Crippen LogP contribution in [0.2, 0.25) is 5.22 Å². The Morgan fingerprint density at radius 2 is 2.50 bits per heavy atom. The van der Waals surface area contributed by atoms with E-state index in [-0.39, 0.29) is 5.54 Å². The maximum Gasteiger partial charge on any atom is 0.193 e. The normalized spacial score (nSPS) is 27.0. The number of hydrogen-bond acceptors (Lipinski definition) is 3. The largest absolute Gasteiger partial charge is 0.448 e. The van der Waals surface area contributed by atoms with Crippen molar-refractivity contribution in [3.05, 3.63) is 23.1 Å². The van der Waals surface area contributed by atoms with E-state index in [9.17, 15) is 0 Å². The van der Waals surface area contributed by atoms with Crippen molar-refractivity contribution in [3.63, 3.8) is 0 Å². The lowest BCUT2D eigenvalue weighted by Crippen LogP contribution is -2.40. The third-order valence-corrected chi connectivity index (χ3v) is 2.88. The van der Waals surface area contributed by atoms with Crippen LogP contribution in [0.4, 0.5) is 0 Å². The lowest BCUT2D eigenvalue weighted by molar-refractivity contribution is 0.105. The molecule has 1 saturated heterocycles. The predicted octanol–water partition coefficient (Wildman–Crippen LogP) is 2.16. The summed E-state index contributed by atoms with van der Waals surface area (Å²) in [6, 6.07) is 3.69. The molecule has 1 aliphatic heterocycles. The van der Waals surface area contributed by atoms with Gasteiger partial charge in [0.25, 0.3) is 0 Å². The van der Waals surface area contributed by atoms with Gasteiger partial charge >= 0.3 is 0 Å². The summed E-state index contributed by atoms with van der Waals surface area (Å²) in [7, 11) is 1.70. The van der Waals surface area contributed by atoms with Crippen molar-refractivity contribution in [2.45, 2.75) is 18.4 Å². The molecule has 0 spiro atoms. The molecule has 0 bridgehead atoms. The summed E-state index contributed by atoms with van der Waals surface area (Å²) in [4.78, 5) is 0. The molecule has 2 heterocycles. The molecule has 0 amide bonds. The Balaban J connectivity index is 2.26. The number of furan rings is 1. The van der Waals surface area contributed by atoms with Crippen molar-refractivity contribution >= 4 is 11.6 Å². The fourth-order valence-corrected chi connectivity index (χ4v) is 2.17. The van der Waals surface area contributed by atoms with E-state index in [2.05, 4.69) is 5.32 Å². The zero-order valence-electron chi connectivity index (χ0n) is 8.18. The zero-order valence-corrected chi connectivity index (χ0v) is 8.93. The molecular weight excluding hydrogens is 202 g/mol. The van der Waals surface area contributed by atoms with Gasteiger partial charge in [0.15, 0.2) is 5.22 Å². The van der Waals surface area contributed by atoms with Gasteiger partial charge in [-0.1, -0.05) is 0 Å². The van der Waals surface area contributed by atoms with Crippen LogP contribution in [0.3, 0.4) is 0 Å². The van der Waals surface area contributed by atoms with Crippen LogP contribution in [0.5, 0.6) is 0 Å². The Morgan fingerprint density at radius 3 is 3.00 bits per heavy atom. The van der Waals surface area contributed by atoms with Crippen LogP contribution < -0.4 is 5.32 Å².